The molecule has 1 heterocycles. The Hall–Kier alpha value is -2.01. The largest absolute Gasteiger partial charge is 0.473 e. The lowest BCUT2D eigenvalue weighted by atomic mass is 10.2. The van der Waals surface area contributed by atoms with Gasteiger partial charge in [0.15, 0.2) is 5.82 Å². The van der Waals surface area contributed by atoms with E-state index in [1.165, 1.54) is 6.33 Å². The molecule has 0 radical (unpaired) electrons. The monoisotopic (exact) mass is 292 g/mol. The Morgan fingerprint density at radius 3 is 2.75 bits per heavy atom. The second kappa shape index (κ2) is 6.43. The summed E-state index contributed by atoms with van der Waals surface area (Å²) in [5.74, 6) is 0.923. The van der Waals surface area contributed by atoms with Gasteiger partial charge in [-0.25, -0.2) is 4.98 Å². The molecule has 0 aliphatic rings. The summed E-state index contributed by atoms with van der Waals surface area (Å²) in [6.07, 6.45) is 1.42. The molecule has 1 aromatic carbocycles. The number of benzene rings is 1. The van der Waals surface area contributed by atoms with Crippen LogP contribution in [0.2, 0.25) is 5.02 Å². The fourth-order valence-corrected chi connectivity index (χ4v) is 1.86. The molecule has 2 rings (SSSR count). The van der Waals surface area contributed by atoms with E-state index in [1.54, 1.807) is 0 Å². The Balaban J connectivity index is 2.12. The molecule has 0 amide bonds. The van der Waals surface area contributed by atoms with Gasteiger partial charge >= 0.3 is 0 Å². The van der Waals surface area contributed by atoms with Crippen LogP contribution in [0, 0.1) is 0 Å². The fourth-order valence-electron chi connectivity index (χ4n) is 1.66. The molecule has 0 atom stereocenters. The molecule has 0 spiro atoms. The van der Waals surface area contributed by atoms with Crippen molar-refractivity contribution in [3.63, 3.8) is 0 Å². The van der Waals surface area contributed by atoms with Crippen molar-refractivity contribution in [3.05, 3.63) is 41.2 Å². The predicted molar refractivity (Wildman–Crippen MR) is 81.0 cm³/mol. The van der Waals surface area contributed by atoms with Crippen LogP contribution in [0.1, 0.15) is 19.4 Å². The number of nitrogens with zero attached hydrogens (tertiary/aromatic N) is 2. The van der Waals surface area contributed by atoms with Gasteiger partial charge in [0.25, 0.3) is 0 Å². The van der Waals surface area contributed by atoms with Crippen molar-refractivity contribution in [2.45, 2.75) is 26.5 Å². The Kier molecular flexibility index (Phi) is 4.63. The standard InChI is InChI=1S/C14H17ClN4O/c1-9(2)20-14-12(16)13(18-8-19-14)17-7-10-5-3-4-6-11(10)15/h3-6,8-9H,7,16H2,1-2H3,(H,17,18,19). The van der Waals surface area contributed by atoms with Crippen LogP contribution in [0.15, 0.2) is 30.6 Å². The van der Waals surface area contributed by atoms with E-state index in [2.05, 4.69) is 15.3 Å². The Bertz CT molecular complexity index is 589. The topological polar surface area (TPSA) is 73.1 Å². The van der Waals surface area contributed by atoms with Gasteiger partial charge in [0, 0.05) is 11.6 Å². The number of halogens is 1. The highest BCUT2D eigenvalue weighted by molar-refractivity contribution is 6.31. The van der Waals surface area contributed by atoms with Crippen LogP contribution in [0.5, 0.6) is 5.88 Å². The van der Waals surface area contributed by atoms with Gasteiger partial charge < -0.3 is 15.8 Å². The van der Waals surface area contributed by atoms with Crippen LogP contribution >= 0.6 is 11.6 Å². The van der Waals surface area contributed by atoms with Gasteiger partial charge in [-0.1, -0.05) is 29.8 Å². The molecule has 0 aliphatic carbocycles. The average molecular weight is 293 g/mol. The molecule has 0 bridgehead atoms. The van der Waals surface area contributed by atoms with Crippen LogP contribution in [0.25, 0.3) is 0 Å². The molecule has 20 heavy (non-hydrogen) atoms. The minimum absolute atomic E-state index is 0.00335. The van der Waals surface area contributed by atoms with Crippen LogP contribution in [0.4, 0.5) is 11.5 Å². The van der Waals surface area contributed by atoms with E-state index in [9.17, 15) is 0 Å². The summed E-state index contributed by atoms with van der Waals surface area (Å²) in [4.78, 5) is 8.15. The van der Waals surface area contributed by atoms with Gasteiger partial charge in [-0.2, -0.15) is 4.98 Å². The van der Waals surface area contributed by atoms with Crippen molar-refractivity contribution in [2.75, 3.05) is 11.1 Å². The summed E-state index contributed by atoms with van der Waals surface area (Å²) in [7, 11) is 0. The third-order valence-corrected chi connectivity index (χ3v) is 2.97. The Morgan fingerprint density at radius 2 is 2.05 bits per heavy atom. The number of nitrogens with two attached hydrogens (primary N) is 1. The average Bonchev–Trinajstić information content (AvgIpc) is 2.41. The third kappa shape index (κ3) is 3.51. The SMILES string of the molecule is CC(C)Oc1ncnc(NCc2ccccc2Cl)c1N. The summed E-state index contributed by atoms with van der Waals surface area (Å²) in [5, 5.41) is 3.84. The van der Waals surface area contributed by atoms with Gasteiger partial charge in [-0.3, -0.25) is 0 Å². The number of ether oxygens (including phenoxy) is 1. The highest BCUT2D eigenvalue weighted by Crippen LogP contribution is 2.26. The normalized spacial score (nSPS) is 10.6. The number of hydrogen-bond acceptors (Lipinski definition) is 5. The Morgan fingerprint density at radius 1 is 1.30 bits per heavy atom. The van der Waals surface area contributed by atoms with Crippen LogP contribution in [0.3, 0.4) is 0 Å². The minimum atomic E-state index is 0.00335. The van der Waals surface area contributed by atoms with E-state index >= 15 is 0 Å². The van der Waals surface area contributed by atoms with Crippen molar-refractivity contribution in [2.24, 2.45) is 0 Å². The highest BCUT2D eigenvalue weighted by Gasteiger charge is 2.10. The molecule has 106 valence electrons. The molecular weight excluding hydrogens is 276 g/mol. The zero-order valence-electron chi connectivity index (χ0n) is 11.4. The molecule has 0 saturated carbocycles. The molecule has 0 aliphatic heterocycles. The quantitative estimate of drug-likeness (QED) is 0.886. The van der Waals surface area contributed by atoms with Gasteiger partial charge in [0.05, 0.1) is 6.10 Å². The fraction of sp³-hybridized carbons (Fsp3) is 0.286. The maximum absolute atomic E-state index is 6.10. The molecule has 2 aromatic rings. The number of nitrogen functional groups attached to an aromatic ring is 1. The molecule has 0 fully saturated rings. The minimum Gasteiger partial charge on any atom is -0.473 e. The van der Waals surface area contributed by atoms with Gasteiger partial charge in [0.2, 0.25) is 5.88 Å². The summed E-state index contributed by atoms with van der Waals surface area (Å²) in [5.41, 5.74) is 7.36. The lowest BCUT2D eigenvalue weighted by Gasteiger charge is -2.14. The van der Waals surface area contributed by atoms with Crippen LogP contribution < -0.4 is 15.8 Å². The van der Waals surface area contributed by atoms with Crippen molar-refractivity contribution >= 4 is 23.1 Å². The highest BCUT2D eigenvalue weighted by atomic mass is 35.5. The van der Waals surface area contributed by atoms with Crippen LogP contribution in [-0.4, -0.2) is 16.1 Å². The Labute approximate surface area is 123 Å². The summed E-state index contributed by atoms with van der Waals surface area (Å²) >= 11 is 6.10. The summed E-state index contributed by atoms with van der Waals surface area (Å²) in [6.45, 7) is 4.36. The molecule has 6 heteroatoms. The first kappa shape index (κ1) is 14.4. The maximum atomic E-state index is 6.10. The first-order valence-corrected chi connectivity index (χ1v) is 6.70. The second-order valence-corrected chi connectivity index (χ2v) is 4.96. The van der Waals surface area contributed by atoms with E-state index in [4.69, 9.17) is 22.1 Å². The van der Waals surface area contributed by atoms with E-state index in [0.29, 0.717) is 29.0 Å². The first-order chi connectivity index (χ1) is 9.58. The van der Waals surface area contributed by atoms with Gasteiger partial charge in [-0.05, 0) is 25.5 Å². The third-order valence-electron chi connectivity index (χ3n) is 2.60. The van der Waals surface area contributed by atoms with Gasteiger partial charge in [-0.15, -0.1) is 0 Å². The zero-order chi connectivity index (χ0) is 14.5. The predicted octanol–water partition coefficient (Wildman–Crippen LogP) is 3.11. The first-order valence-electron chi connectivity index (χ1n) is 6.32. The number of anilines is 2. The molecular formula is C14H17ClN4O. The molecule has 0 unspecified atom stereocenters. The number of rotatable bonds is 5. The van der Waals surface area contributed by atoms with Gasteiger partial charge in [0.1, 0.15) is 12.0 Å². The summed E-state index contributed by atoms with van der Waals surface area (Å²) < 4.78 is 5.52. The number of aromatic nitrogens is 2. The van der Waals surface area contributed by atoms with Crippen molar-refractivity contribution in [1.29, 1.82) is 0 Å². The van der Waals surface area contributed by atoms with Crippen molar-refractivity contribution in [3.8, 4) is 5.88 Å². The van der Waals surface area contributed by atoms with Crippen molar-refractivity contribution < 1.29 is 4.74 Å². The van der Waals surface area contributed by atoms with E-state index < -0.39 is 0 Å². The van der Waals surface area contributed by atoms with Crippen LogP contribution in [-0.2, 0) is 6.54 Å². The zero-order valence-corrected chi connectivity index (χ0v) is 12.2. The van der Waals surface area contributed by atoms with Crippen molar-refractivity contribution in [1.82, 2.24) is 9.97 Å². The summed E-state index contributed by atoms with van der Waals surface area (Å²) in [6, 6.07) is 7.60. The van der Waals surface area contributed by atoms with E-state index in [1.807, 2.05) is 38.1 Å². The molecule has 1 aromatic heterocycles. The lowest BCUT2D eigenvalue weighted by Crippen LogP contribution is -2.12. The maximum Gasteiger partial charge on any atom is 0.242 e. The molecule has 5 nitrogen and oxygen atoms in total. The lowest BCUT2D eigenvalue weighted by molar-refractivity contribution is 0.234. The molecule has 3 N–H and O–H groups in total. The van der Waals surface area contributed by atoms with E-state index in [-0.39, 0.29) is 6.10 Å². The number of hydrogen-bond donors (Lipinski definition) is 2. The second-order valence-electron chi connectivity index (χ2n) is 4.55. The number of nitrogens with one attached hydrogen (secondary N) is 1. The van der Waals surface area contributed by atoms with E-state index in [0.717, 1.165) is 5.56 Å². The smallest absolute Gasteiger partial charge is 0.242 e. The molecule has 0 saturated heterocycles.